The second kappa shape index (κ2) is 7.42. The van der Waals surface area contributed by atoms with Gasteiger partial charge in [0.25, 0.3) is 0 Å². The first kappa shape index (κ1) is 18.9. The molecule has 0 saturated heterocycles. The van der Waals surface area contributed by atoms with Crippen molar-refractivity contribution in [3.05, 3.63) is 64.7 Å². The minimum Gasteiger partial charge on any atom is -1.00 e. The molecule has 0 aliphatic heterocycles. The summed E-state index contributed by atoms with van der Waals surface area (Å²) in [6.45, 7) is 5.56. The van der Waals surface area contributed by atoms with Crippen LogP contribution in [0, 0.1) is 20.8 Å². The van der Waals surface area contributed by atoms with Gasteiger partial charge in [-0.25, -0.2) is 4.79 Å². The second-order valence-electron chi connectivity index (χ2n) is 5.03. The molecule has 4 nitrogen and oxygen atoms in total. The van der Waals surface area contributed by atoms with Crippen LogP contribution in [0.15, 0.2) is 42.5 Å². The van der Waals surface area contributed by atoms with Gasteiger partial charge in [0.1, 0.15) is 0 Å². The first-order chi connectivity index (χ1) is 9.81. The maximum absolute atomic E-state index is 12.2. The van der Waals surface area contributed by atoms with Crippen LogP contribution in [0.2, 0.25) is 0 Å². The van der Waals surface area contributed by atoms with Gasteiger partial charge in [0, 0.05) is 0 Å². The zero-order valence-electron chi connectivity index (χ0n) is 14.2. The molecular weight excluding hydrogens is 294 g/mol. The predicted octanol–water partition coefficient (Wildman–Crippen LogP) is 0.695. The molecule has 0 saturated carbocycles. The molecule has 112 valence electrons. The van der Waals surface area contributed by atoms with Crippen LogP contribution in [-0.4, -0.2) is 15.3 Å². The maximum Gasteiger partial charge on any atom is 1.00 e. The van der Waals surface area contributed by atoms with Gasteiger partial charge in [-0.2, -0.15) is 9.79 Å². The van der Waals surface area contributed by atoms with Crippen LogP contribution in [0.5, 0.6) is 5.75 Å². The Bertz CT molecular complexity index is 654. The van der Waals surface area contributed by atoms with Crippen molar-refractivity contribution in [2.75, 3.05) is 0 Å². The molecule has 0 spiro atoms. The number of rotatable bonds is 4. The standard InChI is InChI=1S/C16H18O4P.Li.H/c1-11-9-12(2)15(13(3)10-11)20-21(18,19)16(17)14-7-5-4-6-8-14;;/h4-10,18-19H,1-3H3;;/q2*+1;-1. The fourth-order valence-corrected chi connectivity index (χ4v) is 3.34. The SMILES string of the molecule is Cc1cc(C)c(O[P+](O)(O)C(=O)c2ccccc2)c(C)c1.[H-].[Li+]. The van der Waals surface area contributed by atoms with Crippen molar-refractivity contribution < 1.29 is 39.4 Å². The van der Waals surface area contributed by atoms with Gasteiger partial charge in [-0.15, -0.1) is 0 Å². The van der Waals surface area contributed by atoms with Crippen molar-refractivity contribution in [3.63, 3.8) is 0 Å². The third-order valence-electron chi connectivity index (χ3n) is 3.11. The normalized spacial score (nSPS) is 10.8. The minimum atomic E-state index is -4.19. The van der Waals surface area contributed by atoms with E-state index in [4.69, 9.17) is 4.52 Å². The van der Waals surface area contributed by atoms with Crippen LogP contribution < -0.4 is 23.4 Å². The minimum absolute atomic E-state index is 0. The first-order valence-electron chi connectivity index (χ1n) is 6.53. The fourth-order valence-electron chi connectivity index (χ4n) is 2.23. The molecule has 22 heavy (non-hydrogen) atoms. The number of benzene rings is 2. The van der Waals surface area contributed by atoms with E-state index in [9.17, 15) is 14.6 Å². The molecule has 0 bridgehead atoms. The van der Waals surface area contributed by atoms with E-state index in [1.807, 2.05) is 32.9 Å². The first-order valence-corrected chi connectivity index (χ1v) is 8.14. The van der Waals surface area contributed by atoms with Crippen molar-refractivity contribution in [1.29, 1.82) is 0 Å². The molecule has 0 radical (unpaired) electrons. The summed E-state index contributed by atoms with van der Waals surface area (Å²) in [6, 6.07) is 11.9. The van der Waals surface area contributed by atoms with E-state index < -0.39 is 13.5 Å². The Labute approximate surface area is 144 Å². The van der Waals surface area contributed by atoms with Gasteiger partial charge in [0.15, 0.2) is 5.75 Å². The van der Waals surface area contributed by atoms with Crippen LogP contribution in [0.3, 0.4) is 0 Å². The summed E-state index contributed by atoms with van der Waals surface area (Å²) in [4.78, 5) is 32.4. The average Bonchev–Trinajstić information content (AvgIpc) is 2.43. The van der Waals surface area contributed by atoms with Crippen LogP contribution in [0.4, 0.5) is 0 Å². The van der Waals surface area contributed by atoms with Crippen molar-refractivity contribution in [3.8, 4) is 5.75 Å². The van der Waals surface area contributed by atoms with E-state index in [2.05, 4.69) is 0 Å². The van der Waals surface area contributed by atoms with Crippen molar-refractivity contribution >= 4 is 13.5 Å². The van der Waals surface area contributed by atoms with Crippen LogP contribution in [0.25, 0.3) is 0 Å². The van der Waals surface area contributed by atoms with Gasteiger partial charge in [0.05, 0.1) is 5.56 Å². The Morgan fingerprint density at radius 1 is 1.05 bits per heavy atom. The Hall–Kier alpha value is -1.14. The molecule has 0 heterocycles. The number of hydrogen-bond donors (Lipinski definition) is 2. The van der Waals surface area contributed by atoms with E-state index in [0.717, 1.165) is 16.7 Å². The number of hydrogen-bond acceptors (Lipinski definition) is 4. The predicted molar refractivity (Wildman–Crippen MR) is 84.5 cm³/mol. The largest absolute Gasteiger partial charge is 1.00 e. The summed E-state index contributed by atoms with van der Waals surface area (Å²) < 4.78 is 5.31. The summed E-state index contributed by atoms with van der Waals surface area (Å²) >= 11 is 0. The van der Waals surface area contributed by atoms with Gasteiger partial charge in [-0.1, -0.05) is 35.9 Å². The number of carbonyl (C=O) groups excluding carboxylic acids is 1. The summed E-state index contributed by atoms with van der Waals surface area (Å²) in [6.07, 6.45) is 0. The molecule has 0 amide bonds. The van der Waals surface area contributed by atoms with E-state index >= 15 is 0 Å². The topological polar surface area (TPSA) is 66.8 Å². The molecule has 2 aromatic rings. The smallest absolute Gasteiger partial charge is 1.00 e. The molecular formula is C16H19LiO4P+. The Kier molecular flexibility index (Phi) is 6.37. The van der Waals surface area contributed by atoms with Gasteiger partial charge in [-0.05, 0) is 44.0 Å². The Morgan fingerprint density at radius 3 is 2.05 bits per heavy atom. The van der Waals surface area contributed by atoms with Gasteiger partial charge in [-0.3, -0.25) is 4.52 Å². The molecule has 0 fully saturated rings. The summed E-state index contributed by atoms with van der Waals surface area (Å²) in [7, 11) is -4.19. The molecule has 0 atom stereocenters. The maximum atomic E-state index is 12.2. The van der Waals surface area contributed by atoms with Crippen molar-refractivity contribution in [1.82, 2.24) is 0 Å². The second-order valence-corrected chi connectivity index (χ2v) is 6.71. The molecule has 6 heteroatoms. The van der Waals surface area contributed by atoms with Crippen LogP contribution in [0.1, 0.15) is 28.5 Å². The zero-order valence-corrected chi connectivity index (χ0v) is 14.1. The van der Waals surface area contributed by atoms with Gasteiger partial charge < -0.3 is 1.43 Å². The summed E-state index contributed by atoms with van der Waals surface area (Å²) in [5.74, 6) is 0.350. The van der Waals surface area contributed by atoms with Gasteiger partial charge in [0.2, 0.25) is 0 Å². The molecule has 2 aromatic carbocycles. The fraction of sp³-hybridized carbons (Fsp3) is 0.188. The van der Waals surface area contributed by atoms with Crippen molar-refractivity contribution in [2.45, 2.75) is 20.8 Å². The zero-order chi connectivity index (χ0) is 15.6. The summed E-state index contributed by atoms with van der Waals surface area (Å²) in [5.41, 5.74) is 2.01. The Balaban J connectivity index is 0.00000242. The molecule has 2 N–H and O–H groups in total. The third kappa shape index (κ3) is 4.20. The molecule has 0 aliphatic carbocycles. The molecule has 0 unspecified atom stereocenters. The molecule has 2 rings (SSSR count). The number of carbonyl (C=O) groups is 1. The summed E-state index contributed by atoms with van der Waals surface area (Å²) in [5, 5.41) is 0. The Morgan fingerprint density at radius 2 is 1.55 bits per heavy atom. The number of aryl methyl sites for hydroxylation is 3. The molecule has 0 aliphatic rings. The average molecular weight is 313 g/mol. The van der Waals surface area contributed by atoms with Crippen LogP contribution in [-0.2, 0) is 0 Å². The van der Waals surface area contributed by atoms with E-state index in [1.54, 1.807) is 18.2 Å². The van der Waals surface area contributed by atoms with E-state index in [1.165, 1.54) is 12.1 Å². The van der Waals surface area contributed by atoms with E-state index in [0.29, 0.717) is 5.75 Å². The van der Waals surface area contributed by atoms with Gasteiger partial charge >= 0.3 is 32.3 Å². The third-order valence-corrected chi connectivity index (χ3v) is 4.33. The van der Waals surface area contributed by atoms with E-state index in [-0.39, 0.29) is 25.9 Å². The monoisotopic (exact) mass is 313 g/mol. The van der Waals surface area contributed by atoms with Crippen molar-refractivity contribution in [2.24, 2.45) is 0 Å². The van der Waals surface area contributed by atoms with Crippen LogP contribution >= 0.6 is 7.94 Å². The quantitative estimate of drug-likeness (QED) is 0.644. The molecule has 0 aromatic heterocycles.